The molecular weight excluding hydrogens is 258 g/mol. The highest BCUT2D eigenvalue weighted by atomic mass is 16.3. The van der Waals surface area contributed by atoms with E-state index in [1.807, 2.05) is 11.5 Å². The van der Waals surface area contributed by atoms with E-state index in [1.54, 1.807) is 6.33 Å². The SMILES string of the molecule is CCC(O)C1C(CO)CC1n1cnc2c(N)ncnc21. The molecule has 7 heteroatoms. The van der Waals surface area contributed by atoms with E-state index in [0.717, 1.165) is 6.42 Å². The molecule has 4 N–H and O–H groups in total. The fourth-order valence-corrected chi connectivity index (χ4v) is 3.19. The third-order valence-electron chi connectivity index (χ3n) is 4.37. The molecular formula is C13H19N5O2. The number of nitrogens with zero attached hydrogens (tertiary/aromatic N) is 4. The Hall–Kier alpha value is -1.73. The van der Waals surface area contributed by atoms with Gasteiger partial charge in [0.05, 0.1) is 12.4 Å². The van der Waals surface area contributed by atoms with Crippen LogP contribution in [-0.2, 0) is 0 Å². The zero-order valence-corrected chi connectivity index (χ0v) is 11.3. The van der Waals surface area contributed by atoms with Gasteiger partial charge in [0, 0.05) is 18.6 Å². The number of hydrogen-bond acceptors (Lipinski definition) is 6. The predicted molar refractivity (Wildman–Crippen MR) is 73.8 cm³/mol. The molecule has 4 atom stereocenters. The van der Waals surface area contributed by atoms with Gasteiger partial charge in [0.15, 0.2) is 11.5 Å². The third-order valence-corrected chi connectivity index (χ3v) is 4.37. The molecule has 0 radical (unpaired) electrons. The number of anilines is 1. The van der Waals surface area contributed by atoms with Crippen LogP contribution >= 0.6 is 0 Å². The fourth-order valence-electron chi connectivity index (χ4n) is 3.19. The van der Waals surface area contributed by atoms with Gasteiger partial charge in [-0.25, -0.2) is 15.0 Å². The molecule has 3 rings (SSSR count). The summed E-state index contributed by atoms with van der Waals surface area (Å²) in [6.45, 7) is 2.04. The molecule has 7 nitrogen and oxygen atoms in total. The van der Waals surface area contributed by atoms with Crippen molar-refractivity contribution in [2.24, 2.45) is 11.8 Å². The number of imidazole rings is 1. The molecule has 0 bridgehead atoms. The van der Waals surface area contributed by atoms with Crippen molar-refractivity contribution in [1.29, 1.82) is 0 Å². The van der Waals surface area contributed by atoms with Crippen LogP contribution in [-0.4, -0.2) is 42.4 Å². The van der Waals surface area contributed by atoms with Crippen LogP contribution < -0.4 is 5.73 Å². The highest BCUT2D eigenvalue weighted by molar-refractivity contribution is 5.81. The standard InChI is InChI=1S/C13H19N5O2/c1-2-9(20)10-7(4-19)3-8(10)18-6-17-11-12(14)15-5-16-13(11)18/h5-10,19-20H,2-4H2,1H3,(H2,14,15,16). The molecule has 1 fully saturated rings. The second kappa shape index (κ2) is 4.99. The van der Waals surface area contributed by atoms with E-state index >= 15 is 0 Å². The monoisotopic (exact) mass is 277 g/mol. The predicted octanol–water partition coefficient (Wildman–Crippen LogP) is 0.349. The Kier molecular flexibility index (Phi) is 3.31. The van der Waals surface area contributed by atoms with Gasteiger partial charge in [-0.05, 0) is 18.8 Å². The summed E-state index contributed by atoms with van der Waals surface area (Å²) in [5.41, 5.74) is 7.06. The summed E-state index contributed by atoms with van der Waals surface area (Å²) in [4.78, 5) is 12.4. The van der Waals surface area contributed by atoms with E-state index in [9.17, 15) is 10.2 Å². The molecule has 2 aromatic heterocycles. The van der Waals surface area contributed by atoms with Crippen LogP contribution in [0.5, 0.6) is 0 Å². The maximum Gasteiger partial charge on any atom is 0.165 e. The highest BCUT2D eigenvalue weighted by Gasteiger charge is 2.45. The maximum absolute atomic E-state index is 10.2. The Morgan fingerprint density at radius 2 is 2.25 bits per heavy atom. The van der Waals surface area contributed by atoms with Gasteiger partial charge < -0.3 is 20.5 Å². The van der Waals surface area contributed by atoms with Crippen molar-refractivity contribution in [2.45, 2.75) is 31.9 Å². The molecule has 108 valence electrons. The largest absolute Gasteiger partial charge is 0.396 e. The molecule has 0 amide bonds. The number of nitrogen functional groups attached to an aromatic ring is 1. The molecule has 0 aliphatic heterocycles. The van der Waals surface area contributed by atoms with Crippen molar-refractivity contribution in [1.82, 2.24) is 19.5 Å². The van der Waals surface area contributed by atoms with Crippen LogP contribution in [0.4, 0.5) is 5.82 Å². The summed E-state index contributed by atoms with van der Waals surface area (Å²) in [6, 6.07) is 0.0985. The van der Waals surface area contributed by atoms with Crippen LogP contribution in [0, 0.1) is 11.8 Å². The van der Waals surface area contributed by atoms with Crippen molar-refractivity contribution in [2.75, 3.05) is 12.3 Å². The van der Waals surface area contributed by atoms with Crippen molar-refractivity contribution < 1.29 is 10.2 Å². The van der Waals surface area contributed by atoms with Crippen LogP contribution in [0.1, 0.15) is 25.8 Å². The molecule has 0 aromatic carbocycles. The topological polar surface area (TPSA) is 110 Å². The molecule has 2 aromatic rings. The first kappa shape index (κ1) is 13.3. The van der Waals surface area contributed by atoms with E-state index in [2.05, 4.69) is 15.0 Å². The summed E-state index contributed by atoms with van der Waals surface area (Å²) in [6.07, 6.45) is 4.17. The third kappa shape index (κ3) is 1.85. The number of aliphatic hydroxyl groups is 2. The lowest BCUT2D eigenvalue weighted by molar-refractivity contribution is -0.0554. The molecule has 0 spiro atoms. The average molecular weight is 277 g/mol. The van der Waals surface area contributed by atoms with Crippen LogP contribution in [0.15, 0.2) is 12.7 Å². The second-order valence-corrected chi connectivity index (χ2v) is 5.38. The van der Waals surface area contributed by atoms with E-state index in [-0.39, 0.29) is 24.5 Å². The van der Waals surface area contributed by atoms with Crippen LogP contribution in [0.3, 0.4) is 0 Å². The summed E-state index contributed by atoms with van der Waals surface area (Å²) in [5.74, 6) is 0.518. The lowest BCUT2D eigenvalue weighted by Gasteiger charge is -2.46. The van der Waals surface area contributed by atoms with Gasteiger partial charge in [0.1, 0.15) is 11.8 Å². The van der Waals surface area contributed by atoms with E-state index in [4.69, 9.17) is 5.73 Å². The average Bonchev–Trinajstić information content (AvgIpc) is 2.83. The number of rotatable bonds is 4. The molecule has 2 heterocycles. The van der Waals surface area contributed by atoms with Gasteiger partial charge in [-0.1, -0.05) is 6.92 Å². The molecule has 1 aliphatic carbocycles. The number of aliphatic hydroxyl groups excluding tert-OH is 2. The van der Waals surface area contributed by atoms with Crippen LogP contribution in [0.2, 0.25) is 0 Å². The lowest BCUT2D eigenvalue weighted by Crippen LogP contribution is -2.46. The van der Waals surface area contributed by atoms with Gasteiger partial charge in [-0.2, -0.15) is 0 Å². The summed E-state index contributed by atoms with van der Waals surface area (Å²) < 4.78 is 1.95. The van der Waals surface area contributed by atoms with Gasteiger partial charge in [-0.15, -0.1) is 0 Å². The minimum Gasteiger partial charge on any atom is -0.396 e. The number of hydrogen-bond donors (Lipinski definition) is 3. The zero-order chi connectivity index (χ0) is 14.3. The van der Waals surface area contributed by atoms with Crippen molar-refractivity contribution in [3.63, 3.8) is 0 Å². The van der Waals surface area contributed by atoms with Gasteiger partial charge in [0.25, 0.3) is 0 Å². The Balaban J connectivity index is 1.97. The van der Waals surface area contributed by atoms with Gasteiger partial charge in [0.2, 0.25) is 0 Å². The minimum atomic E-state index is -0.428. The Bertz CT molecular complexity index is 608. The van der Waals surface area contributed by atoms with E-state index < -0.39 is 6.10 Å². The Labute approximate surface area is 116 Å². The maximum atomic E-state index is 10.2. The Morgan fingerprint density at radius 3 is 2.95 bits per heavy atom. The summed E-state index contributed by atoms with van der Waals surface area (Å²) >= 11 is 0. The second-order valence-electron chi connectivity index (χ2n) is 5.38. The molecule has 20 heavy (non-hydrogen) atoms. The smallest absolute Gasteiger partial charge is 0.165 e. The Morgan fingerprint density at radius 1 is 1.45 bits per heavy atom. The van der Waals surface area contributed by atoms with Crippen molar-refractivity contribution >= 4 is 17.0 Å². The highest BCUT2D eigenvalue weighted by Crippen LogP contribution is 2.47. The zero-order valence-electron chi connectivity index (χ0n) is 11.3. The molecule has 0 saturated heterocycles. The fraction of sp³-hybridized carbons (Fsp3) is 0.615. The van der Waals surface area contributed by atoms with Crippen molar-refractivity contribution in [3.05, 3.63) is 12.7 Å². The molecule has 4 unspecified atom stereocenters. The molecule has 1 saturated carbocycles. The van der Waals surface area contributed by atoms with Gasteiger partial charge in [-0.3, -0.25) is 0 Å². The van der Waals surface area contributed by atoms with Crippen molar-refractivity contribution in [3.8, 4) is 0 Å². The quantitative estimate of drug-likeness (QED) is 0.743. The van der Waals surface area contributed by atoms with E-state index in [1.165, 1.54) is 6.33 Å². The first-order chi connectivity index (χ1) is 9.67. The van der Waals surface area contributed by atoms with Crippen LogP contribution in [0.25, 0.3) is 11.2 Å². The normalized spacial score (nSPS) is 27.4. The first-order valence-corrected chi connectivity index (χ1v) is 6.89. The first-order valence-electron chi connectivity index (χ1n) is 6.89. The molecule has 1 aliphatic rings. The summed E-state index contributed by atoms with van der Waals surface area (Å²) in [5, 5.41) is 19.6. The number of fused-ring (bicyclic) bond motifs is 1. The summed E-state index contributed by atoms with van der Waals surface area (Å²) in [7, 11) is 0. The number of nitrogens with two attached hydrogens (primary N) is 1. The minimum absolute atomic E-state index is 0.0265. The number of aromatic nitrogens is 4. The van der Waals surface area contributed by atoms with Gasteiger partial charge >= 0.3 is 0 Å². The lowest BCUT2D eigenvalue weighted by atomic mass is 9.66. The van der Waals surface area contributed by atoms with E-state index in [0.29, 0.717) is 23.4 Å².